The standard InChI is InChI=1S/C18H27N5O2/c24-17(20-13-8-9-13)16-7-3-11-22(16)18(25)21-14-5-1-2-6-15(14)23-12-4-10-19-23/h4,10,12-16H,1-3,5-9,11H2,(H,20,24)(H,21,25)/t14-,15+,16+/m1/s1. The number of amides is 3. The van der Waals surface area contributed by atoms with Gasteiger partial charge in [-0.3, -0.25) is 9.48 Å². The molecule has 0 aromatic carbocycles. The normalized spacial score (nSPS) is 29.4. The Kier molecular flexibility index (Phi) is 4.63. The number of carbonyl (C=O) groups is 2. The molecular formula is C18H27N5O2. The predicted molar refractivity (Wildman–Crippen MR) is 92.9 cm³/mol. The van der Waals surface area contributed by atoms with Crippen LogP contribution in [0.2, 0.25) is 0 Å². The molecule has 1 saturated heterocycles. The van der Waals surface area contributed by atoms with Crippen LogP contribution in [0.3, 0.4) is 0 Å². The number of likely N-dealkylation sites (tertiary alicyclic amines) is 1. The average Bonchev–Trinajstić information content (AvgIpc) is 3.10. The fraction of sp³-hybridized carbons (Fsp3) is 0.722. The number of urea groups is 1. The first-order valence-electron chi connectivity index (χ1n) is 9.59. The Bertz CT molecular complexity index is 613. The highest BCUT2D eigenvalue weighted by Gasteiger charge is 2.38. The van der Waals surface area contributed by atoms with Crippen LogP contribution in [0, 0.1) is 0 Å². The average molecular weight is 345 g/mol. The van der Waals surface area contributed by atoms with E-state index < -0.39 is 0 Å². The van der Waals surface area contributed by atoms with Crippen LogP contribution in [0.1, 0.15) is 57.4 Å². The van der Waals surface area contributed by atoms with Crippen LogP contribution in [0.15, 0.2) is 18.5 Å². The maximum absolute atomic E-state index is 12.9. The maximum Gasteiger partial charge on any atom is 0.318 e. The van der Waals surface area contributed by atoms with Gasteiger partial charge < -0.3 is 15.5 Å². The second-order valence-corrected chi connectivity index (χ2v) is 7.53. The van der Waals surface area contributed by atoms with Crippen molar-refractivity contribution in [2.45, 2.75) is 75.5 Å². The van der Waals surface area contributed by atoms with Crippen LogP contribution in [0.4, 0.5) is 4.79 Å². The fourth-order valence-corrected chi connectivity index (χ4v) is 4.12. The van der Waals surface area contributed by atoms with Crippen molar-refractivity contribution in [1.82, 2.24) is 25.3 Å². The molecule has 0 unspecified atom stereocenters. The summed E-state index contributed by atoms with van der Waals surface area (Å²) in [5.41, 5.74) is 0. The molecule has 2 heterocycles. The van der Waals surface area contributed by atoms with Crippen LogP contribution in [-0.4, -0.2) is 51.3 Å². The Morgan fingerprint density at radius 1 is 1.00 bits per heavy atom. The van der Waals surface area contributed by atoms with Gasteiger partial charge in [-0.15, -0.1) is 0 Å². The molecule has 2 N–H and O–H groups in total. The van der Waals surface area contributed by atoms with Gasteiger partial charge in [0.05, 0.1) is 12.1 Å². The van der Waals surface area contributed by atoms with E-state index in [1.54, 1.807) is 11.1 Å². The molecule has 1 aliphatic heterocycles. The zero-order valence-electron chi connectivity index (χ0n) is 14.6. The van der Waals surface area contributed by atoms with E-state index in [0.29, 0.717) is 12.6 Å². The quantitative estimate of drug-likeness (QED) is 0.874. The van der Waals surface area contributed by atoms with Crippen LogP contribution < -0.4 is 10.6 Å². The van der Waals surface area contributed by atoms with Crippen LogP contribution in [0.5, 0.6) is 0 Å². The Balaban J connectivity index is 1.40. The van der Waals surface area contributed by atoms with Gasteiger partial charge in [-0.05, 0) is 44.6 Å². The number of rotatable bonds is 4. The molecule has 0 bridgehead atoms. The van der Waals surface area contributed by atoms with Crippen molar-refractivity contribution in [3.8, 4) is 0 Å². The third-order valence-electron chi connectivity index (χ3n) is 5.64. The van der Waals surface area contributed by atoms with E-state index in [1.807, 2.05) is 16.9 Å². The van der Waals surface area contributed by atoms with E-state index in [1.165, 1.54) is 0 Å². The fourth-order valence-electron chi connectivity index (χ4n) is 4.12. The van der Waals surface area contributed by atoms with E-state index >= 15 is 0 Å². The molecule has 3 aliphatic rings. The molecule has 1 aromatic rings. The van der Waals surface area contributed by atoms with E-state index in [-0.39, 0.29) is 30.1 Å². The lowest BCUT2D eigenvalue weighted by Gasteiger charge is -2.34. The number of aromatic nitrogens is 2. The minimum Gasteiger partial charge on any atom is -0.352 e. The predicted octanol–water partition coefficient (Wildman–Crippen LogP) is 1.82. The molecule has 1 aromatic heterocycles. The molecule has 7 heteroatoms. The largest absolute Gasteiger partial charge is 0.352 e. The zero-order valence-corrected chi connectivity index (χ0v) is 14.6. The highest BCUT2D eigenvalue weighted by molar-refractivity contribution is 5.88. The number of nitrogens with zero attached hydrogens (tertiary/aromatic N) is 3. The first kappa shape index (κ1) is 16.4. The van der Waals surface area contributed by atoms with E-state index in [2.05, 4.69) is 15.7 Å². The van der Waals surface area contributed by atoms with E-state index in [9.17, 15) is 9.59 Å². The molecule has 2 aliphatic carbocycles. The van der Waals surface area contributed by atoms with Gasteiger partial charge in [-0.1, -0.05) is 12.8 Å². The van der Waals surface area contributed by atoms with Gasteiger partial charge in [0, 0.05) is 25.0 Å². The summed E-state index contributed by atoms with van der Waals surface area (Å²) in [5, 5.41) is 10.6. The summed E-state index contributed by atoms with van der Waals surface area (Å²) in [4.78, 5) is 27.0. The molecule has 0 spiro atoms. The Morgan fingerprint density at radius 3 is 2.60 bits per heavy atom. The number of carbonyl (C=O) groups excluding carboxylic acids is 2. The SMILES string of the molecule is O=C(NC1CC1)[C@@H]1CCCN1C(=O)N[C@@H]1CCCC[C@@H]1n1cccn1. The first-order valence-corrected chi connectivity index (χ1v) is 9.59. The Hall–Kier alpha value is -2.05. The van der Waals surface area contributed by atoms with Gasteiger partial charge in [-0.2, -0.15) is 5.10 Å². The summed E-state index contributed by atoms with van der Waals surface area (Å²) in [7, 11) is 0. The van der Waals surface area contributed by atoms with Crippen molar-refractivity contribution in [1.29, 1.82) is 0 Å². The van der Waals surface area contributed by atoms with Crippen molar-refractivity contribution in [3.63, 3.8) is 0 Å². The Labute approximate surface area is 148 Å². The summed E-state index contributed by atoms with van der Waals surface area (Å²) >= 11 is 0. The van der Waals surface area contributed by atoms with Gasteiger partial charge in [-0.25, -0.2) is 4.79 Å². The summed E-state index contributed by atoms with van der Waals surface area (Å²) < 4.78 is 1.96. The van der Waals surface area contributed by atoms with Gasteiger partial charge in [0.2, 0.25) is 5.91 Å². The zero-order chi connectivity index (χ0) is 17.2. The molecule has 7 nitrogen and oxygen atoms in total. The maximum atomic E-state index is 12.9. The minimum absolute atomic E-state index is 0.0161. The molecule has 3 amide bonds. The number of hydrogen-bond donors (Lipinski definition) is 2. The molecule has 3 atom stereocenters. The van der Waals surface area contributed by atoms with Crippen molar-refractivity contribution in [2.75, 3.05) is 6.54 Å². The molecule has 25 heavy (non-hydrogen) atoms. The number of nitrogens with one attached hydrogen (secondary N) is 2. The molecule has 136 valence electrons. The van der Waals surface area contributed by atoms with Gasteiger partial charge in [0.15, 0.2) is 0 Å². The first-order chi connectivity index (χ1) is 12.2. The van der Waals surface area contributed by atoms with E-state index in [0.717, 1.165) is 51.4 Å². The topological polar surface area (TPSA) is 79.3 Å². The highest BCUT2D eigenvalue weighted by atomic mass is 16.2. The van der Waals surface area contributed by atoms with Crippen molar-refractivity contribution in [2.24, 2.45) is 0 Å². The lowest BCUT2D eigenvalue weighted by Crippen LogP contribution is -2.53. The van der Waals surface area contributed by atoms with Gasteiger partial charge >= 0.3 is 6.03 Å². The second kappa shape index (κ2) is 7.06. The van der Waals surface area contributed by atoms with E-state index in [4.69, 9.17) is 0 Å². The summed E-state index contributed by atoms with van der Waals surface area (Å²) in [6.07, 6.45) is 11.8. The van der Waals surface area contributed by atoms with Crippen LogP contribution >= 0.6 is 0 Å². The molecule has 4 rings (SSSR count). The third kappa shape index (κ3) is 3.65. The molecule has 3 fully saturated rings. The highest BCUT2D eigenvalue weighted by Crippen LogP contribution is 2.29. The molecule has 2 saturated carbocycles. The van der Waals surface area contributed by atoms with Gasteiger partial charge in [0.1, 0.15) is 6.04 Å². The van der Waals surface area contributed by atoms with Crippen LogP contribution in [-0.2, 0) is 4.79 Å². The molecule has 0 radical (unpaired) electrons. The Morgan fingerprint density at radius 2 is 1.84 bits per heavy atom. The van der Waals surface area contributed by atoms with Crippen molar-refractivity contribution in [3.05, 3.63) is 18.5 Å². The molecular weight excluding hydrogens is 318 g/mol. The van der Waals surface area contributed by atoms with Crippen molar-refractivity contribution >= 4 is 11.9 Å². The lowest BCUT2D eigenvalue weighted by molar-refractivity contribution is -0.124. The smallest absolute Gasteiger partial charge is 0.318 e. The third-order valence-corrected chi connectivity index (χ3v) is 5.64. The summed E-state index contributed by atoms with van der Waals surface area (Å²) in [6, 6.07) is 2.12. The lowest BCUT2D eigenvalue weighted by atomic mass is 9.90. The summed E-state index contributed by atoms with van der Waals surface area (Å²) in [6.45, 7) is 0.660. The summed E-state index contributed by atoms with van der Waals surface area (Å²) in [5.74, 6) is 0.0161. The number of hydrogen-bond acceptors (Lipinski definition) is 3. The van der Waals surface area contributed by atoms with Crippen molar-refractivity contribution < 1.29 is 9.59 Å². The second-order valence-electron chi connectivity index (χ2n) is 7.53. The monoisotopic (exact) mass is 345 g/mol. The minimum atomic E-state index is -0.313. The van der Waals surface area contributed by atoms with Gasteiger partial charge in [0.25, 0.3) is 0 Å². The van der Waals surface area contributed by atoms with Crippen LogP contribution in [0.25, 0.3) is 0 Å².